The molecule has 84 valence electrons. The predicted molar refractivity (Wildman–Crippen MR) is 59.7 cm³/mol. The van der Waals surface area contributed by atoms with Crippen LogP contribution in [0.1, 0.15) is 33.6 Å². The van der Waals surface area contributed by atoms with Crippen molar-refractivity contribution in [2.24, 2.45) is 5.84 Å². The maximum absolute atomic E-state index is 5.94. The van der Waals surface area contributed by atoms with Crippen LogP contribution in [0.3, 0.4) is 0 Å². The quantitative estimate of drug-likeness (QED) is 0.399. The second-order valence-electron chi connectivity index (χ2n) is 5.18. The predicted octanol–water partition coefficient (Wildman–Crippen LogP) is 1.08. The zero-order chi connectivity index (χ0) is 11.3. The van der Waals surface area contributed by atoms with Gasteiger partial charge in [0, 0.05) is 13.2 Å². The molecule has 0 aromatic rings. The molecular formula is C10H19BN2O2. The average Bonchev–Trinajstić information content (AvgIpc) is 2.26. The molecule has 5 heteroatoms. The Bertz CT molecular complexity index is 302. The van der Waals surface area contributed by atoms with Crippen molar-refractivity contribution in [2.75, 3.05) is 7.05 Å². The van der Waals surface area contributed by atoms with Crippen LogP contribution in [0.4, 0.5) is 0 Å². The number of hydrogen-bond acceptors (Lipinski definition) is 4. The maximum atomic E-state index is 5.94. The van der Waals surface area contributed by atoms with E-state index in [2.05, 4.69) is 20.8 Å². The summed E-state index contributed by atoms with van der Waals surface area (Å²) in [5.41, 5.74) is 0.742. The van der Waals surface area contributed by atoms with E-state index < -0.39 is 0 Å². The summed E-state index contributed by atoms with van der Waals surface area (Å²) in [6, 6.07) is 0. The molecule has 0 aromatic heterocycles. The molecule has 2 fully saturated rings. The molecule has 0 saturated carbocycles. The summed E-state index contributed by atoms with van der Waals surface area (Å²) in [6.45, 7) is 6.29. The van der Waals surface area contributed by atoms with Crippen molar-refractivity contribution in [3.05, 3.63) is 11.7 Å². The van der Waals surface area contributed by atoms with E-state index in [1.807, 2.05) is 6.20 Å². The van der Waals surface area contributed by atoms with Crippen LogP contribution in [-0.4, -0.2) is 30.4 Å². The molecule has 1 unspecified atom stereocenters. The molecule has 0 aliphatic carbocycles. The van der Waals surface area contributed by atoms with Crippen molar-refractivity contribution in [3.8, 4) is 0 Å². The van der Waals surface area contributed by atoms with Gasteiger partial charge in [0.25, 0.3) is 0 Å². The summed E-state index contributed by atoms with van der Waals surface area (Å²) in [7, 11) is 1.59. The Morgan fingerprint density at radius 1 is 1.40 bits per heavy atom. The molecule has 2 saturated heterocycles. The molecule has 0 amide bonds. The van der Waals surface area contributed by atoms with Crippen LogP contribution >= 0.6 is 0 Å². The summed E-state index contributed by atoms with van der Waals surface area (Å²) in [6.07, 6.45) is 3.87. The molecule has 2 aliphatic rings. The van der Waals surface area contributed by atoms with Gasteiger partial charge in [-0.1, -0.05) is 0 Å². The van der Waals surface area contributed by atoms with E-state index in [4.69, 9.17) is 15.2 Å². The van der Waals surface area contributed by atoms with E-state index in [0.29, 0.717) is 0 Å². The van der Waals surface area contributed by atoms with Crippen molar-refractivity contribution < 1.29 is 9.31 Å². The molecule has 2 heterocycles. The topological polar surface area (TPSA) is 47.7 Å². The lowest BCUT2D eigenvalue weighted by Crippen LogP contribution is -2.45. The number of nitrogens with zero attached hydrogens (tertiary/aromatic N) is 1. The molecule has 2 aliphatic heterocycles. The third-order valence-electron chi connectivity index (χ3n) is 3.61. The number of nitrogens with two attached hydrogens (primary N) is 1. The first-order chi connectivity index (χ1) is 6.84. The van der Waals surface area contributed by atoms with Crippen LogP contribution in [0, 0.1) is 0 Å². The van der Waals surface area contributed by atoms with Crippen LogP contribution in [0.5, 0.6) is 0 Å². The minimum Gasteiger partial charge on any atom is -0.400 e. The molecular weight excluding hydrogens is 191 g/mol. The van der Waals surface area contributed by atoms with E-state index in [0.717, 1.165) is 18.3 Å². The lowest BCUT2D eigenvalue weighted by molar-refractivity contribution is -0.0156. The van der Waals surface area contributed by atoms with Crippen molar-refractivity contribution in [2.45, 2.75) is 44.8 Å². The Morgan fingerprint density at radius 3 is 2.67 bits per heavy atom. The summed E-state index contributed by atoms with van der Waals surface area (Å²) in [5.74, 6) is 5.60. The molecule has 0 spiro atoms. The third kappa shape index (κ3) is 1.69. The Morgan fingerprint density at radius 2 is 2.07 bits per heavy atom. The normalized spacial score (nSPS) is 36.1. The number of allylic oxidation sites excluding steroid dienone is 1. The Balaban J connectivity index is 2.23. The second-order valence-corrected chi connectivity index (χ2v) is 5.18. The highest BCUT2D eigenvalue weighted by Crippen LogP contribution is 2.46. The summed E-state index contributed by atoms with van der Waals surface area (Å²) < 4.78 is 11.9. The maximum Gasteiger partial charge on any atom is 0.492 e. The van der Waals surface area contributed by atoms with Gasteiger partial charge < -0.3 is 14.3 Å². The molecule has 4 nitrogen and oxygen atoms in total. The smallest absolute Gasteiger partial charge is 0.400 e. The minimum absolute atomic E-state index is 0.165. The highest BCUT2D eigenvalue weighted by Gasteiger charge is 2.57. The summed E-state index contributed by atoms with van der Waals surface area (Å²) in [5, 5.41) is 1.55. The highest BCUT2D eigenvalue weighted by molar-refractivity contribution is 6.54. The minimum atomic E-state index is -0.222. The Kier molecular flexibility index (Phi) is 2.37. The zero-order valence-electron chi connectivity index (χ0n) is 9.91. The van der Waals surface area contributed by atoms with E-state index in [1.165, 1.54) is 0 Å². The number of hydrogen-bond donors (Lipinski definition) is 1. The van der Waals surface area contributed by atoms with Gasteiger partial charge in [0.2, 0.25) is 0 Å². The van der Waals surface area contributed by atoms with Gasteiger partial charge >= 0.3 is 7.12 Å². The zero-order valence-corrected chi connectivity index (χ0v) is 9.91. The highest BCUT2D eigenvalue weighted by atomic mass is 16.7. The van der Waals surface area contributed by atoms with E-state index >= 15 is 0 Å². The van der Waals surface area contributed by atoms with E-state index in [1.54, 1.807) is 12.1 Å². The van der Waals surface area contributed by atoms with Crippen molar-refractivity contribution in [1.29, 1.82) is 0 Å². The van der Waals surface area contributed by atoms with Crippen molar-refractivity contribution >= 4 is 7.12 Å². The lowest BCUT2D eigenvalue weighted by atomic mass is 9.71. The van der Waals surface area contributed by atoms with Crippen LogP contribution in [0.25, 0.3) is 0 Å². The summed E-state index contributed by atoms with van der Waals surface area (Å²) in [4.78, 5) is 0. The van der Waals surface area contributed by atoms with Crippen LogP contribution in [-0.2, 0) is 9.31 Å². The van der Waals surface area contributed by atoms with Gasteiger partial charge in [-0.05, 0) is 39.1 Å². The molecule has 0 aromatic carbocycles. The van der Waals surface area contributed by atoms with Gasteiger partial charge in [0.15, 0.2) is 0 Å². The fourth-order valence-electron chi connectivity index (χ4n) is 2.19. The van der Waals surface area contributed by atoms with Gasteiger partial charge in [-0.2, -0.15) is 0 Å². The van der Waals surface area contributed by atoms with E-state index in [-0.39, 0.29) is 18.3 Å². The lowest BCUT2D eigenvalue weighted by Gasteiger charge is -2.37. The van der Waals surface area contributed by atoms with Crippen LogP contribution < -0.4 is 5.84 Å². The Labute approximate surface area is 91.5 Å². The Hall–Kier alpha value is -0.515. The molecule has 0 radical (unpaired) electrons. The van der Waals surface area contributed by atoms with Gasteiger partial charge in [0.1, 0.15) is 0 Å². The van der Waals surface area contributed by atoms with Gasteiger partial charge in [0.05, 0.1) is 11.2 Å². The number of hydrazine groups is 1. The standard InChI is InChI=1S/C10H19BN2O2/c1-9(2)10(3)6-5-8(7-13(4)12)11(14-9)15-10/h7H,5-6,12H2,1-4H3/b8-7+. The molecule has 2 rings (SSSR count). The molecule has 1 atom stereocenters. The fourth-order valence-corrected chi connectivity index (χ4v) is 2.19. The van der Waals surface area contributed by atoms with Gasteiger partial charge in [-0.25, -0.2) is 5.84 Å². The van der Waals surface area contributed by atoms with Gasteiger partial charge in [-0.15, -0.1) is 0 Å². The molecule has 2 N–H and O–H groups in total. The monoisotopic (exact) mass is 210 g/mol. The largest absolute Gasteiger partial charge is 0.492 e. The SMILES string of the molecule is CN(N)/C=C1\CCC2(C)OB1OC2(C)C. The molecule has 15 heavy (non-hydrogen) atoms. The fraction of sp³-hybridized carbons (Fsp3) is 0.800. The number of rotatable bonds is 1. The van der Waals surface area contributed by atoms with Crippen molar-refractivity contribution in [1.82, 2.24) is 5.01 Å². The second kappa shape index (κ2) is 3.24. The average molecular weight is 210 g/mol. The first-order valence-electron chi connectivity index (χ1n) is 5.38. The van der Waals surface area contributed by atoms with Crippen molar-refractivity contribution in [3.63, 3.8) is 0 Å². The van der Waals surface area contributed by atoms with Crippen LogP contribution in [0.2, 0.25) is 0 Å². The first kappa shape index (κ1) is 11.0. The van der Waals surface area contributed by atoms with Crippen LogP contribution in [0.15, 0.2) is 11.7 Å². The van der Waals surface area contributed by atoms with E-state index in [9.17, 15) is 0 Å². The first-order valence-corrected chi connectivity index (χ1v) is 5.38. The summed E-state index contributed by atoms with van der Waals surface area (Å²) >= 11 is 0. The molecule has 2 bridgehead atoms. The number of fused-ring (bicyclic) bond motifs is 2. The van der Waals surface area contributed by atoms with Gasteiger partial charge in [-0.3, -0.25) is 0 Å². The third-order valence-corrected chi connectivity index (χ3v) is 3.61.